The maximum absolute atomic E-state index is 14.1. The van der Waals surface area contributed by atoms with Crippen LogP contribution in [0.25, 0.3) is 0 Å². The lowest BCUT2D eigenvalue weighted by atomic mass is 10.0. The average molecular weight is 627 g/mol. The zero-order chi connectivity index (χ0) is 28.7. The van der Waals surface area contributed by atoms with E-state index in [2.05, 4.69) is 21.2 Å². The van der Waals surface area contributed by atoms with Crippen molar-refractivity contribution in [2.45, 2.75) is 57.7 Å². The van der Waals surface area contributed by atoms with Crippen LogP contribution in [0.5, 0.6) is 0 Å². The molecule has 0 radical (unpaired) electrons. The summed E-state index contributed by atoms with van der Waals surface area (Å²) in [6, 6.07) is 23.5. The van der Waals surface area contributed by atoms with Gasteiger partial charge in [0.1, 0.15) is 12.6 Å². The maximum atomic E-state index is 14.1. The Kier molecular flexibility index (Phi) is 10.0. The monoisotopic (exact) mass is 625 g/mol. The first-order valence-electron chi connectivity index (χ1n) is 13.5. The van der Waals surface area contributed by atoms with Crippen molar-refractivity contribution < 1.29 is 18.0 Å². The molecule has 40 heavy (non-hydrogen) atoms. The van der Waals surface area contributed by atoms with Crippen LogP contribution < -0.4 is 9.62 Å². The molecular formula is C31H36BrN3O4S. The van der Waals surface area contributed by atoms with E-state index in [9.17, 15) is 18.0 Å². The summed E-state index contributed by atoms with van der Waals surface area (Å²) in [6.07, 6.45) is 5.37. The molecule has 1 saturated carbocycles. The van der Waals surface area contributed by atoms with Gasteiger partial charge in [-0.1, -0.05) is 83.4 Å². The summed E-state index contributed by atoms with van der Waals surface area (Å²) in [5, 5.41) is 3.18. The van der Waals surface area contributed by atoms with E-state index >= 15 is 0 Å². The van der Waals surface area contributed by atoms with Crippen LogP contribution in [-0.4, -0.2) is 50.0 Å². The van der Waals surface area contributed by atoms with Crippen LogP contribution in [0.3, 0.4) is 0 Å². The Morgan fingerprint density at radius 1 is 0.950 bits per heavy atom. The summed E-state index contributed by atoms with van der Waals surface area (Å²) in [5.41, 5.74) is 3.05. The van der Waals surface area contributed by atoms with Crippen LogP contribution >= 0.6 is 15.9 Å². The predicted molar refractivity (Wildman–Crippen MR) is 162 cm³/mol. The molecular weight excluding hydrogens is 590 g/mol. The van der Waals surface area contributed by atoms with Gasteiger partial charge in [-0.3, -0.25) is 13.9 Å². The fraction of sp³-hybridized carbons (Fsp3) is 0.355. The molecule has 0 spiro atoms. The van der Waals surface area contributed by atoms with Gasteiger partial charge in [0.25, 0.3) is 0 Å². The number of nitrogens with zero attached hydrogens (tertiary/aromatic N) is 2. The Balaban J connectivity index is 1.72. The Morgan fingerprint density at radius 2 is 1.62 bits per heavy atom. The molecule has 0 heterocycles. The van der Waals surface area contributed by atoms with Crippen molar-refractivity contribution in [2.24, 2.45) is 0 Å². The van der Waals surface area contributed by atoms with Gasteiger partial charge in [0.2, 0.25) is 21.8 Å². The molecule has 1 aliphatic carbocycles. The highest BCUT2D eigenvalue weighted by atomic mass is 79.9. The normalized spacial score (nSPS) is 14.5. The van der Waals surface area contributed by atoms with E-state index in [4.69, 9.17) is 0 Å². The van der Waals surface area contributed by atoms with Crippen molar-refractivity contribution in [2.75, 3.05) is 17.1 Å². The summed E-state index contributed by atoms with van der Waals surface area (Å²) in [5.74, 6) is -0.667. The molecule has 1 unspecified atom stereocenters. The number of carbonyl (C=O) groups excluding carboxylic acids is 2. The summed E-state index contributed by atoms with van der Waals surface area (Å²) < 4.78 is 27.8. The molecule has 0 saturated heterocycles. The first kappa shape index (κ1) is 29.8. The number of anilines is 1. The van der Waals surface area contributed by atoms with Gasteiger partial charge in [0.05, 0.1) is 11.9 Å². The molecule has 3 aromatic carbocycles. The highest BCUT2D eigenvalue weighted by Gasteiger charge is 2.34. The van der Waals surface area contributed by atoms with Gasteiger partial charge in [-0.15, -0.1) is 0 Å². The van der Waals surface area contributed by atoms with Crippen molar-refractivity contribution in [3.05, 3.63) is 100 Å². The van der Waals surface area contributed by atoms with E-state index in [0.717, 1.165) is 57.4 Å². The fourth-order valence-electron chi connectivity index (χ4n) is 5.10. The smallest absolute Gasteiger partial charge is 0.244 e. The lowest BCUT2D eigenvalue weighted by Gasteiger charge is -2.34. The summed E-state index contributed by atoms with van der Waals surface area (Å²) in [4.78, 5) is 29.5. The summed E-state index contributed by atoms with van der Waals surface area (Å²) in [7, 11) is -3.79. The van der Waals surface area contributed by atoms with E-state index in [1.54, 1.807) is 18.2 Å². The molecule has 1 atom stereocenters. The van der Waals surface area contributed by atoms with Crippen LogP contribution in [0, 0.1) is 6.92 Å². The average Bonchev–Trinajstić information content (AvgIpc) is 3.43. The Labute approximate surface area is 245 Å². The van der Waals surface area contributed by atoms with Crippen molar-refractivity contribution in [1.82, 2.24) is 10.2 Å². The minimum Gasteiger partial charge on any atom is -0.352 e. The summed E-state index contributed by atoms with van der Waals surface area (Å²) in [6.45, 7) is 1.61. The second-order valence-corrected chi connectivity index (χ2v) is 13.3. The quantitative estimate of drug-likeness (QED) is 0.316. The van der Waals surface area contributed by atoms with E-state index in [1.165, 1.54) is 4.90 Å². The number of amides is 2. The van der Waals surface area contributed by atoms with Gasteiger partial charge < -0.3 is 10.2 Å². The number of rotatable bonds is 11. The molecule has 1 fully saturated rings. The molecule has 1 aliphatic rings. The molecule has 4 rings (SSSR count). The minimum absolute atomic E-state index is 0.0789. The van der Waals surface area contributed by atoms with Crippen LogP contribution in [0.1, 0.15) is 42.4 Å². The van der Waals surface area contributed by atoms with Crippen LogP contribution in [0.15, 0.2) is 83.3 Å². The third kappa shape index (κ3) is 8.17. The third-order valence-electron chi connectivity index (χ3n) is 7.21. The molecule has 1 N–H and O–H groups in total. The van der Waals surface area contributed by atoms with Gasteiger partial charge in [0.15, 0.2) is 0 Å². The molecule has 7 nitrogen and oxygen atoms in total. The van der Waals surface area contributed by atoms with E-state index in [1.807, 2.05) is 67.6 Å². The molecule has 0 aromatic heterocycles. The topological polar surface area (TPSA) is 86.8 Å². The van der Waals surface area contributed by atoms with E-state index < -0.39 is 28.5 Å². The number of sulfonamides is 1. The van der Waals surface area contributed by atoms with Crippen LogP contribution in [0.4, 0.5) is 5.69 Å². The molecule has 3 aromatic rings. The number of benzene rings is 3. The van der Waals surface area contributed by atoms with Crippen molar-refractivity contribution in [3.63, 3.8) is 0 Å². The Morgan fingerprint density at radius 3 is 2.25 bits per heavy atom. The highest BCUT2D eigenvalue weighted by molar-refractivity contribution is 9.10. The molecule has 212 valence electrons. The van der Waals surface area contributed by atoms with Gasteiger partial charge in [-0.05, 0) is 60.7 Å². The summed E-state index contributed by atoms with van der Waals surface area (Å²) >= 11 is 3.45. The number of hydrogen-bond acceptors (Lipinski definition) is 4. The van der Waals surface area contributed by atoms with E-state index in [-0.39, 0.29) is 18.5 Å². The fourth-order valence-corrected chi connectivity index (χ4v) is 6.21. The SMILES string of the molecule is Cc1cccc(N(CC(=O)N(Cc2ccc(Br)cc2)C(Cc2ccccc2)C(=O)NC2CCCC2)S(C)(=O)=O)c1. The largest absolute Gasteiger partial charge is 0.352 e. The number of aryl methyl sites for hydroxylation is 1. The predicted octanol–water partition coefficient (Wildman–Crippen LogP) is 5.22. The van der Waals surface area contributed by atoms with Gasteiger partial charge in [-0.2, -0.15) is 0 Å². The zero-order valence-corrected chi connectivity index (χ0v) is 25.3. The van der Waals surface area contributed by atoms with Crippen LogP contribution in [0.2, 0.25) is 0 Å². The standard InChI is InChI=1S/C31H36BrN3O4S/c1-23-9-8-14-28(19-23)35(40(2,38)39)22-30(36)34(21-25-15-17-26(32)18-16-25)29(20-24-10-4-3-5-11-24)31(37)33-27-12-6-7-13-27/h3-5,8-11,14-19,27,29H,6-7,12-13,20-22H2,1-2H3,(H,33,37). The second-order valence-electron chi connectivity index (χ2n) is 10.5. The molecule has 0 bridgehead atoms. The Bertz CT molecular complexity index is 1410. The third-order valence-corrected chi connectivity index (χ3v) is 8.88. The number of hydrogen-bond donors (Lipinski definition) is 1. The second kappa shape index (κ2) is 13.5. The van der Waals surface area contributed by atoms with E-state index in [0.29, 0.717) is 12.1 Å². The van der Waals surface area contributed by atoms with Crippen LogP contribution in [-0.2, 0) is 32.6 Å². The minimum atomic E-state index is -3.79. The first-order chi connectivity index (χ1) is 19.1. The lowest BCUT2D eigenvalue weighted by molar-refractivity contribution is -0.140. The van der Waals surface area contributed by atoms with Gasteiger partial charge in [-0.25, -0.2) is 8.42 Å². The van der Waals surface area contributed by atoms with Gasteiger partial charge in [0, 0.05) is 23.5 Å². The van der Waals surface area contributed by atoms with Crippen molar-refractivity contribution in [3.8, 4) is 0 Å². The van der Waals surface area contributed by atoms with Crippen molar-refractivity contribution in [1.29, 1.82) is 0 Å². The maximum Gasteiger partial charge on any atom is 0.244 e. The van der Waals surface area contributed by atoms with Crippen molar-refractivity contribution >= 4 is 43.5 Å². The highest BCUT2D eigenvalue weighted by Crippen LogP contribution is 2.23. The molecule has 9 heteroatoms. The number of nitrogens with one attached hydrogen (secondary N) is 1. The lowest BCUT2D eigenvalue weighted by Crippen LogP contribution is -2.54. The first-order valence-corrected chi connectivity index (χ1v) is 16.2. The number of carbonyl (C=O) groups is 2. The molecule has 0 aliphatic heterocycles. The number of halogens is 1. The van der Waals surface area contributed by atoms with Gasteiger partial charge >= 0.3 is 0 Å². The Hall–Kier alpha value is -3.17. The molecule has 2 amide bonds. The zero-order valence-electron chi connectivity index (χ0n) is 22.9.